The Morgan fingerprint density at radius 1 is 1.10 bits per heavy atom. The molecule has 3 rings (SSSR count). The molecular formula is C18H18BrNO. The van der Waals surface area contributed by atoms with E-state index in [2.05, 4.69) is 40.2 Å². The van der Waals surface area contributed by atoms with Crippen LogP contribution in [0.2, 0.25) is 0 Å². The number of carbonyl (C=O) groups is 1. The van der Waals surface area contributed by atoms with Crippen molar-refractivity contribution in [3.05, 3.63) is 70.2 Å². The zero-order valence-electron chi connectivity index (χ0n) is 12.1. The van der Waals surface area contributed by atoms with Crippen LogP contribution < -0.4 is 0 Å². The monoisotopic (exact) mass is 343 g/mol. The van der Waals surface area contributed by atoms with Crippen LogP contribution in [-0.4, -0.2) is 17.9 Å². The first-order valence-corrected chi connectivity index (χ1v) is 7.97. The predicted molar refractivity (Wildman–Crippen MR) is 88.0 cm³/mol. The van der Waals surface area contributed by atoms with Gasteiger partial charge in [-0.05, 0) is 36.1 Å². The number of hydrogen-bond acceptors (Lipinski definition) is 1. The topological polar surface area (TPSA) is 20.3 Å². The Balaban J connectivity index is 1.74. The molecule has 108 valence electrons. The number of benzene rings is 2. The number of carbonyl (C=O) groups excluding carboxylic acids is 1. The smallest absolute Gasteiger partial charge is 0.233 e. The third-order valence-corrected chi connectivity index (χ3v) is 4.69. The molecule has 2 aromatic carbocycles. The average molecular weight is 344 g/mol. The van der Waals surface area contributed by atoms with Gasteiger partial charge < -0.3 is 4.90 Å². The van der Waals surface area contributed by atoms with Gasteiger partial charge in [-0.25, -0.2) is 0 Å². The standard InChI is InChI=1S/C18H18BrNO/c1-20(13-14-7-9-16(19)10-8-14)17(21)18(11-12-18)15-5-3-2-4-6-15/h2-10H,11-13H2,1H3. The Hall–Kier alpha value is -1.61. The maximum absolute atomic E-state index is 12.8. The molecule has 2 nitrogen and oxygen atoms in total. The average Bonchev–Trinajstić information content (AvgIpc) is 3.31. The molecule has 0 spiro atoms. The van der Waals surface area contributed by atoms with Crippen LogP contribution >= 0.6 is 15.9 Å². The molecule has 21 heavy (non-hydrogen) atoms. The van der Waals surface area contributed by atoms with E-state index in [0.717, 1.165) is 28.4 Å². The van der Waals surface area contributed by atoms with Crippen LogP contribution in [0.5, 0.6) is 0 Å². The molecule has 2 aromatic rings. The second kappa shape index (κ2) is 5.64. The summed E-state index contributed by atoms with van der Waals surface area (Å²) in [6.07, 6.45) is 1.92. The molecule has 0 radical (unpaired) electrons. The summed E-state index contributed by atoms with van der Waals surface area (Å²) < 4.78 is 1.06. The Morgan fingerprint density at radius 3 is 2.29 bits per heavy atom. The third-order valence-electron chi connectivity index (χ3n) is 4.17. The Morgan fingerprint density at radius 2 is 1.71 bits per heavy atom. The van der Waals surface area contributed by atoms with Crippen molar-refractivity contribution >= 4 is 21.8 Å². The van der Waals surface area contributed by atoms with Crippen LogP contribution in [0.25, 0.3) is 0 Å². The molecule has 1 saturated carbocycles. The van der Waals surface area contributed by atoms with Crippen molar-refractivity contribution < 1.29 is 4.79 Å². The molecular weight excluding hydrogens is 326 g/mol. The molecule has 3 heteroatoms. The van der Waals surface area contributed by atoms with E-state index in [0.29, 0.717) is 6.54 Å². The lowest BCUT2D eigenvalue weighted by Crippen LogP contribution is -2.36. The summed E-state index contributed by atoms with van der Waals surface area (Å²) >= 11 is 3.43. The normalized spacial score (nSPS) is 15.5. The fraction of sp³-hybridized carbons (Fsp3) is 0.278. The van der Waals surface area contributed by atoms with Gasteiger partial charge >= 0.3 is 0 Å². The molecule has 0 heterocycles. The van der Waals surface area contributed by atoms with E-state index in [1.54, 1.807) is 0 Å². The van der Waals surface area contributed by atoms with Crippen molar-refractivity contribution in [3.8, 4) is 0 Å². The summed E-state index contributed by atoms with van der Waals surface area (Å²) in [5, 5.41) is 0. The van der Waals surface area contributed by atoms with Crippen LogP contribution in [-0.2, 0) is 16.8 Å². The summed E-state index contributed by atoms with van der Waals surface area (Å²) in [6, 6.07) is 18.3. The zero-order valence-corrected chi connectivity index (χ0v) is 13.6. The summed E-state index contributed by atoms with van der Waals surface area (Å²) in [7, 11) is 1.90. The summed E-state index contributed by atoms with van der Waals surface area (Å²) in [5.74, 6) is 0.233. The van der Waals surface area contributed by atoms with Crippen LogP contribution in [0, 0.1) is 0 Å². The van der Waals surface area contributed by atoms with Gasteiger partial charge in [0.25, 0.3) is 0 Å². The molecule has 0 aromatic heterocycles. The van der Waals surface area contributed by atoms with E-state index in [1.165, 1.54) is 0 Å². The SMILES string of the molecule is CN(Cc1ccc(Br)cc1)C(=O)C1(c2ccccc2)CC1. The lowest BCUT2D eigenvalue weighted by atomic mass is 9.94. The van der Waals surface area contributed by atoms with Crippen molar-refractivity contribution in [2.75, 3.05) is 7.05 Å². The first-order chi connectivity index (χ1) is 10.1. The van der Waals surface area contributed by atoms with Crippen molar-refractivity contribution in [2.24, 2.45) is 0 Å². The maximum Gasteiger partial charge on any atom is 0.233 e. The highest BCUT2D eigenvalue weighted by molar-refractivity contribution is 9.10. The van der Waals surface area contributed by atoms with Gasteiger partial charge in [0.2, 0.25) is 5.91 Å². The fourth-order valence-corrected chi connectivity index (χ4v) is 3.07. The minimum atomic E-state index is -0.272. The first-order valence-electron chi connectivity index (χ1n) is 7.17. The number of amides is 1. The Labute approximate surface area is 133 Å². The Kier molecular flexibility index (Phi) is 3.85. The fourth-order valence-electron chi connectivity index (χ4n) is 2.81. The van der Waals surface area contributed by atoms with Gasteiger partial charge in [0, 0.05) is 18.1 Å². The highest BCUT2D eigenvalue weighted by Gasteiger charge is 2.52. The largest absolute Gasteiger partial charge is 0.341 e. The maximum atomic E-state index is 12.8. The van der Waals surface area contributed by atoms with Crippen LogP contribution in [0.15, 0.2) is 59.1 Å². The molecule has 0 N–H and O–H groups in total. The quantitative estimate of drug-likeness (QED) is 0.816. The second-order valence-electron chi connectivity index (χ2n) is 5.74. The van der Waals surface area contributed by atoms with Crippen LogP contribution in [0.3, 0.4) is 0 Å². The molecule has 0 aliphatic heterocycles. The van der Waals surface area contributed by atoms with E-state index >= 15 is 0 Å². The number of hydrogen-bond donors (Lipinski definition) is 0. The molecule has 0 atom stereocenters. The number of rotatable bonds is 4. The predicted octanol–water partition coefficient (Wildman–Crippen LogP) is 4.14. The lowest BCUT2D eigenvalue weighted by Gasteiger charge is -2.24. The molecule has 1 aliphatic rings. The molecule has 0 saturated heterocycles. The third kappa shape index (κ3) is 2.88. The summed E-state index contributed by atoms with van der Waals surface area (Å²) in [6.45, 7) is 0.653. The minimum absolute atomic E-state index is 0.233. The van der Waals surface area contributed by atoms with E-state index < -0.39 is 0 Å². The lowest BCUT2D eigenvalue weighted by molar-refractivity contribution is -0.133. The number of nitrogens with zero attached hydrogens (tertiary/aromatic N) is 1. The zero-order chi connectivity index (χ0) is 14.9. The van der Waals surface area contributed by atoms with E-state index in [9.17, 15) is 4.79 Å². The summed E-state index contributed by atoms with van der Waals surface area (Å²) in [4.78, 5) is 14.7. The highest BCUT2D eigenvalue weighted by Crippen LogP contribution is 2.49. The van der Waals surface area contributed by atoms with Crippen molar-refractivity contribution in [1.29, 1.82) is 0 Å². The van der Waals surface area contributed by atoms with E-state index in [1.807, 2.05) is 42.3 Å². The van der Waals surface area contributed by atoms with Gasteiger partial charge in [-0.2, -0.15) is 0 Å². The summed E-state index contributed by atoms with van der Waals surface area (Å²) in [5.41, 5.74) is 2.03. The Bertz CT molecular complexity index is 632. The molecule has 0 bridgehead atoms. The van der Waals surface area contributed by atoms with Crippen molar-refractivity contribution in [1.82, 2.24) is 4.90 Å². The highest BCUT2D eigenvalue weighted by atomic mass is 79.9. The van der Waals surface area contributed by atoms with Gasteiger partial charge in [-0.1, -0.05) is 58.4 Å². The van der Waals surface area contributed by atoms with Gasteiger partial charge in [-0.15, -0.1) is 0 Å². The second-order valence-corrected chi connectivity index (χ2v) is 6.65. The van der Waals surface area contributed by atoms with Gasteiger partial charge in [0.15, 0.2) is 0 Å². The van der Waals surface area contributed by atoms with Crippen LogP contribution in [0.4, 0.5) is 0 Å². The van der Waals surface area contributed by atoms with Gasteiger partial charge in [-0.3, -0.25) is 4.79 Å². The van der Waals surface area contributed by atoms with Crippen molar-refractivity contribution in [2.45, 2.75) is 24.8 Å². The number of likely N-dealkylation sites (N-methyl/N-ethyl adjacent to an activating group) is 1. The minimum Gasteiger partial charge on any atom is -0.341 e. The van der Waals surface area contributed by atoms with Crippen molar-refractivity contribution in [3.63, 3.8) is 0 Å². The van der Waals surface area contributed by atoms with E-state index in [4.69, 9.17) is 0 Å². The molecule has 1 aliphatic carbocycles. The first kappa shape index (κ1) is 14.3. The number of halogens is 1. The van der Waals surface area contributed by atoms with Gasteiger partial charge in [0.1, 0.15) is 0 Å². The molecule has 1 amide bonds. The van der Waals surface area contributed by atoms with E-state index in [-0.39, 0.29) is 11.3 Å². The molecule has 1 fully saturated rings. The van der Waals surface area contributed by atoms with Gasteiger partial charge in [0.05, 0.1) is 5.41 Å². The molecule has 0 unspecified atom stereocenters. The van der Waals surface area contributed by atoms with Crippen LogP contribution in [0.1, 0.15) is 24.0 Å².